The number of likely N-dealkylation sites (tertiary alicyclic amines) is 2. The summed E-state index contributed by atoms with van der Waals surface area (Å²) in [6.45, 7) is 10.8. The van der Waals surface area contributed by atoms with E-state index in [2.05, 4.69) is 41.0 Å². The van der Waals surface area contributed by atoms with Crippen molar-refractivity contribution in [2.45, 2.75) is 64.8 Å². The molecule has 27 heavy (non-hydrogen) atoms. The number of nitrogens with zero attached hydrogens (tertiary/aromatic N) is 2. The summed E-state index contributed by atoms with van der Waals surface area (Å²) in [5.41, 5.74) is 2.97. The Labute approximate surface area is 165 Å². The number of carbonyl (C=O) groups excluding carboxylic acids is 1. The molecular formula is C24H36N2O. The molecule has 2 heterocycles. The Morgan fingerprint density at radius 1 is 1.11 bits per heavy atom. The summed E-state index contributed by atoms with van der Waals surface area (Å²) in [6.07, 6.45) is 6.47. The number of hydrogen-bond acceptors (Lipinski definition) is 2. The van der Waals surface area contributed by atoms with Crippen LogP contribution >= 0.6 is 0 Å². The van der Waals surface area contributed by atoms with E-state index in [9.17, 15) is 4.79 Å². The van der Waals surface area contributed by atoms with Crippen LogP contribution in [0.25, 0.3) is 0 Å². The SMILES string of the molecule is CC(C)C(=O)N1C[C@H]2CC[C@@H](c3ccc(CCN4CCC[C@H]4C)cc3)[C@H]2C1. The fourth-order valence-electron chi connectivity index (χ4n) is 5.75. The number of hydrogen-bond donors (Lipinski definition) is 0. The topological polar surface area (TPSA) is 23.6 Å². The van der Waals surface area contributed by atoms with Gasteiger partial charge in [-0.25, -0.2) is 0 Å². The molecule has 2 aliphatic heterocycles. The first-order valence-electron chi connectivity index (χ1n) is 11.1. The number of rotatable bonds is 5. The Bertz CT molecular complexity index is 653. The molecule has 4 rings (SSSR count). The molecule has 1 aromatic rings. The molecule has 3 aliphatic rings. The molecule has 3 heteroatoms. The van der Waals surface area contributed by atoms with Gasteiger partial charge in [0.05, 0.1) is 0 Å². The van der Waals surface area contributed by atoms with Gasteiger partial charge in [-0.2, -0.15) is 0 Å². The maximum Gasteiger partial charge on any atom is 0.225 e. The smallest absolute Gasteiger partial charge is 0.225 e. The zero-order valence-corrected chi connectivity index (χ0v) is 17.4. The third kappa shape index (κ3) is 3.94. The largest absolute Gasteiger partial charge is 0.342 e. The van der Waals surface area contributed by atoms with Crippen LogP contribution < -0.4 is 0 Å². The monoisotopic (exact) mass is 368 g/mol. The number of amides is 1. The van der Waals surface area contributed by atoms with Crippen LogP contribution in [0.5, 0.6) is 0 Å². The van der Waals surface area contributed by atoms with Gasteiger partial charge in [-0.1, -0.05) is 38.1 Å². The van der Waals surface area contributed by atoms with Crippen molar-refractivity contribution in [3.8, 4) is 0 Å². The molecule has 1 aromatic carbocycles. The minimum atomic E-state index is 0.125. The Balaban J connectivity index is 1.35. The zero-order chi connectivity index (χ0) is 19.0. The zero-order valence-electron chi connectivity index (χ0n) is 17.4. The Kier molecular flexibility index (Phi) is 5.59. The highest BCUT2D eigenvalue weighted by Crippen LogP contribution is 2.47. The van der Waals surface area contributed by atoms with Crippen LogP contribution in [0.15, 0.2) is 24.3 Å². The van der Waals surface area contributed by atoms with Crippen LogP contribution in [0.3, 0.4) is 0 Å². The molecule has 1 aliphatic carbocycles. The van der Waals surface area contributed by atoms with Crippen LogP contribution in [-0.2, 0) is 11.2 Å². The second-order valence-electron chi connectivity index (χ2n) is 9.52. The van der Waals surface area contributed by atoms with E-state index in [4.69, 9.17) is 0 Å². The van der Waals surface area contributed by atoms with Crippen molar-refractivity contribution in [3.05, 3.63) is 35.4 Å². The van der Waals surface area contributed by atoms with Gasteiger partial charge in [0.1, 0.15) is 0 Å². The van der Waals surface area contributed by atoms with E-state index in [-0.39, 0.29) is 5.92 Å². The fourth-order valence-corrected chi connectivity index (χ4v) is 5.75. The van der Waals surface area contributed by atoms with E-state index < -0.39 is 0 Å². The Morgan fingerprint density at radius 2 is 1.89 bits per heavy atom. The van der Waals surface area contributed by atoms with Crippen molar-refractivity contribution >= 4 is 5.91 Å². The Morgan fingerprint density at radius 3 is 2.56 bits per heavy atom. The van der Waals surface area contributed by atoms with Crippen molar-refractivity contribution in [1.29, 1.82) is 0 Å². The minimum absolute atomic E-state index is 0.125. The molecule has 4 atom stereocenters. The second-order valence-corrected chi connectivity index (χ2v) is 9.52. The highest BCUT2D eigenvalue weighted by molar-refractivity contribution is 5.78. The van der Waals surface area contributed by atoms with E-state index in [1.165, 1.54) is 49.9 Å². The maximum absolute atomic E-state index is 12.4. The van der Waals surface area contributed by atoms with Crippen molar-refractivity contribution in [2.24, 2.45) is 17.8 Å². The summed E-state index contributed by atoms with van der Waals surface area (Å²) in [5.74, 6) is 2.50. The van der Waals surface area contributed by atoms with E-state index in [1.54, 1.807) is 0 Å². The summed E-state index contributed by atoms with van der Waals surface area (Å²) in [4.78, 5) is 17.2. The molecular weight excluding hydrogens is 332 g/mol. The summed E-state index contributed by atoms with van der Waals surface area (Å²) in [7, 11) is 0. The summed E-state index contributed by atoms with van der Waals surface area (Å²) >= 11 is 0. The maximum atomic E-state index is 12.4. The standard InChI is InChI=1S/C24H36N2O/c1-17(2)24(27)26-15-21-10-11-22(23(21)16-26)20-8-6-19(7-9-20)12-14-25-13-4-5-18(25)3/h6-9,17-18,21-23H,4-5,10-16H2,1-3H3/t18-,21-,22+,23+/m1/s1. The highest BCUT2D eigenvalue weighted by Gasteiger charge is 2.44. The van der Waals surface area contributed by atoms with E-state index in [0.29, 0.717) is 23.7 Å². The summed E-state index contributed by atoms with van der Waals surface area (Å²) in [5, 5.41) is 0. The number of carbonyl (C=O) groups is 1. The predicted molar refractivity (Wildman–Crippen MR) is 111 cm³/mol. The van der Waals surface area contributed by atoms with Gasteiger partial charge in [0.25, 0.3) is 0 Å². The molecule has 0 bridgehead atoms. The minimum Gasteiger partial charge on any atom is -0.342 e. The van der Waals surface area contributed by atoms with Gasteiger partial charge in [-0.15, -0.1) is 0 Å². The van der Waals surface area contributed by atoms with Crippen LogP contribution in [0, 0.1) is 17.8 Å². The van der Waals surface area contributed by atoms with E-state index in [1.807, 2.05) is 13.8 Å². The lowest BCUT2D eigenvalue weighted by molar-refractivity contribution is -0.133. The first kappa shape index (κ1) is 19.0. The first-order valence-corrected chi connectivity index (χ1v) is 11.1. The van der Waals surface area contributed by atoms with Gasteiger partial charge >= 0.3 is 0 Å². The molecule has 0 spiro atoms. The van der Waals surface area contributed by atoms with Gasteiger partial charge in [-0.05, 0) is 74.5 Å². The molecule has 1 saturated carbocycles. The molecule has 0 radical (unpaired) electrons. The van der Waals surface area contributed by atoms with Crippen molar-refractivity contribution in [3.63, 3.8) is 0 Å². The van der Waals surface area contributed by atoms with Gasteiger partial charge in [0, 0.05) is 31.6 Å². The van der Waals surface area contributed by atoms with Crippen LogP contribution in [0.4, 0.5) is 0 Å². The van der Waals surface area contributed by atoms with Crippen LogP contribution in [-0.4, -0.2) is 47.9 Å². The molecule has 0 unspecified atom stereocenters. The average molecular weight is 369 g/mol. The molecule has 1 amide bonds. The second kappa shape index (κ2) is 7.95. The van der Waals surface area contributed by atoms with E-state index >= 15 is 0 Å². The molecule has 3 nitrogen and oxygen atoms in total. The van der Waals surface area contributed by atoms with Crippen molar-refractivity contribution in [1.82, 2.24) is 9.80 Å². The highest BCUT2D eigenvalue weighted by atomic mass is 16.2. The number of fused-ring (bicyclic) bond motifs is 1. The lowest BCUT2D eigenvalue weighted by Crippen LogP contribution is -2.33. The molecule has 3 fully saturated rings. The molecule has 148 valence electrons. The summed E-state index contributed by atoms with van der Waals surface area (Å²) in [6, 6.07) is 10.2. The van der Waals surface area contributed by atoms with Gasteiger partial charge < -0.3 is 9.80 Å². The van der Waals surface area contributed by atoms with Gasteiger partial charge in [0.15, 0.2) is 0 Å². The molecule has 2 saturated heterocycles. The normalized spacial score (nSPS) is 31.0. The average Bonchev–Trinajstić information content (AvgIpc) is 3.35. The van der Waals surface area contributed by atoms with Crippen molar-refractivity contribution < 1.29 is 4.79 Å². The van der Waals surface area contributed by atoms with Crippen LogP contribution in [0.2, 0.25) is 0 Å². The van der Waals surface area contributed by atoms with Crippen LogP contribution in [0.1, 0.15) is 63.5 Å². The molecule has 0 aromatic heterocycles. The molecule has 0 N–H and O–H groups in total. The third-order valence-corrected chi connectivity index (χ3v) is 7.45. The summed E-state index contributed by atoms with van der Waals surface area (Å²) < 4.78 is 0. The quantitative estimate of drug-likeness (QED) is 0.773. The lowest BCUT2D eigenvalue weighted by atomic mass is 9.86. The van der Waals surface area contributed by atoms with E-state index in [0.717, 1.165) is 25.6 Å². The fraction of sp³-hybridized carbons (Fsp3) is 0.708. The Hall–Kier alpha value is -1.35. The predicted octanol–water partition coefficient (Wildman–Crippen LogP) is 4.32. The van der Waals surface area contributed by atoms with Crippen molar-refractivity contribution in [2.75, 3.05) is 26.2 Å². The first-order chi connectivity index (χ1) is 13.0. The number of benzene rings is 1. The van der Waals surface area contributed by atoms with Gasteiger partial charge in [0.2, 0.25) is 5.91 Å². The van der Waals surface area contributed by atoms with Gasteiger partial charge in [-0.3, -0.25) is 4.79 Å². The third-order valence-electron chi connectivity index (χ3n) is 7.45. The lowest BCUT2D eigenvalue weighted by Gasteiger charge is -2.23.